The summed E-state index contributed by atoms with van der Waals surface area (Å²) in [5, 5.41) is 7.91. The Morgan fingerprint density at radius 3 is 2.89 bits per heavy atom. The zero-order valence-electron chi connectivity index (χ0n) is 11.0. The second kappa shape index (κ2) is 6.66. The molecule has 0 fully saturated rings. The van der Waals surface area contributed by atoms with Crippen molar-refractivity contribution in [3.05, 3.63) is 52.0 Å². The highest BCUT2D eigenvalue weighted by molar-refractivity contribution is 7.07. The molecule has 1 unspecified atom stereocenters. The summed E-state index contributed by atoms with van der Waals surface area (Å²) in [6.45, 7) is 5.30. The summed E-state index contributed by atoms with van der Waals surface area (Å²) in [5.41, 5.74) is 3.94. The fraction of sp³-hybridized carbons (Fsp3) is 0.400. The molecular formula is C15H20N2S. The van der Waals surface area contributed by atoms with Crippen molar-refractivity contribution in [2.75, 3.05) is 6.54 Å². The SMILES string of the molecule is CCNC(Cc1ccsc1)c1ncccc1CC. The van der Waals surface area contributed by atoms with Gasteiger partial charge in [0, 0.05) is 6.20 Å². The van der Waals surface area contributed by atoms with Gasteiger partial charge >= 0.3 is 0 Å². The lowest BCUT2D eigenvalue weighted by molar-refractivity contribution is 0.532. The van der Waals surface area contributed by atoms with Gasteiger partial charge in [0.05, 0.1) is 11.7 Å². The largest absolute Gasteiger partial charge is 0.309 e. The molecule has 2 nitrogen and oxygen atoms in total. The zero-order chi connectivity index (χ0) is 12.8. The van der Waals surface area contributed by atoms with E-state index in [-0.39, 0.29) is 0 Å². The molecule has 2 heterocycles. The van der Waals surface area contributed by atoms with Gasteiger partial charge in [-0.25, -0.2) is 0 Å². The number of rotatable bonds is 6. The van der Waals surface area contributed by atoms with Crippen molar-refractivity contribution in [3.63, 3.8) is 0 Å². The van der Waals surface area contributed by atoms with E-state index >= 15 is 0 Å². The van der Waals surface area contributed by atoms with Gasteiger partial charge in [-0.1, -0.05) is 19.9 Å². The zero-order valence-corrected chi connectivity index (χ0v) is 11.8. The lowest BCUT2D eigenvalue weighted by Gasteiger charge is -2.19. The minimum atomic E-state index is 0.320. The highest BCUT2D eigenvalue weighted by Crippen LogP contribution is 2.21. The van der Waals surface area contributed by atoms with Crippen LogP contribution in [-0.4, -0.2) is 11.5 Å². The standard InChI is InChI=1S/C15H20N2S/c1-3-13-6-5-8-17-15(13)14(16-4-2)10-12-7-9-18-11-12/h5-9,11,14,16H,3-4,10H2,1-2H3. The molecule has 0 radical (unpaired) electrons. The average molecular weight is 260 g/mol. The van der Waals surface area contributed by atoms with Crippen LogP contribution >= 0.6 is 11.3 Å². The summed E-state index contributed by atoms with van der Waals surface area (Å²) in [6, 6.07) is 6.72. The number of aromatic nitrogens is 1. The Bertz CT molecular complexity index is 465. The molecule has 2 aromatic rings. The average Bonchev–Trinajstić information content (AvgIpc) is 2.91. The van der Waals surface area contributed by atoms with Gasteiger partial charge in [0.1, 0.15) is 0 Å². The molecule has 0 amide bonds. The number of pyridine rings is 1. The lowest BCUT2D eigenvalue weighted by atomic mass is 10.00. The van der Waals surface area contributed by atoms with Crippen LogP contribution in [-0.2, 0) is 12.8 Å². The van der Waals surface area contributed by atoms with E-state index in [0.717, 1.165) is 19.4 Å². The molecule has 0 aliphatic carbocycles. The second-order valence-electron chi connectivity index (χ2n) is 4.35. The summed E-state index contributed by atoms with van der Waals surface area (Å²) in [5.74, 6) is 0. The van der Waals surface area contributed by atoms with E-state index < -0.39 is 0 Å². The van der Waals surface area contributed by atoms with Gasteiger partial charge in [-0.2, -0.15) is 11.3 Å². The van der Waals surface area contributed by atoms with Crippen LogP contribution in [0, 0.1) is 0 Å². The Balaban J connectivity index is 2.23. The number of aryl methyl sites for hydroxylation is 1. The van der Waals surface area contributed by atoms with E-state index in [4.69, 9.17) is 0 Å². The predicted octanol–water partition coefficient (Wildman–Crippen LogP) is 3.60. The normalized spacial score (nSPS) is 12.6. The quantitative estimate of drug-likeness (QED) is 0.858. The third-order valence-corrected chi connectivity index (χ3v) is 3.84. The Hall–Kier alpha value is -1.19. The van der Waals surface area contributed by atoms with Crippen molar-refractivity contribution in [2.24, 2.45) is 0 Å². The fourth-order valence-corrected chi connectivity index (χ4v) is 2.90. The van der Waals surface area contributed by atoms with E-state index in [1.165, 1.54) is 16.8 Å². The molecule has 0 bridgehead atoms. The molecule has 0 aliphatic rings. The molecular weight excluding hydrogens is 240 g/mol. The monoisotopic (exact) mass is 260 g/mol. The molecule has 3 heteroatoms. The maximum Gasteiger partial charge on any atom is 0.0608 e. The Morgan fingerprint density at radius 1 is 1.33 bits per heavy atom. The molecule has 2 aromatic heterocycles. The summed E-state index contributed by atoms with van der Waals surface area (Å²) < 4.78 is 0. The maximum atomic E-state index is 4.59. The Morgan fingerprint density at radius 2 is 2.22 bits per heavy atom. The molecule has 0 aliphatic heterocycles. The third-order valence-electron chi connectivity index (χ3n) is 3.11. The molecule has 0 spiro atoms. The number of hydrogen-bond acceptors (Lipinski definition) is 3. The maximum absolute atomic E-state index is 4.59. The van der Waals surface area contributed by atoms with Gasteiger partial charge in [-0.05, 0) is 53.4 Å². The number of thiophene rings is 1. The first kappa shape index (κ1) is 13.2. The topological polar surface area (TPSA) is 24.9 Å². The van der Waals surface area contributed by atoms with E-state index in [9.17, 15) is 0 Å². The second-order valence-corrected chi connectivity index (χ2v) is 5.13. The van der Waals surface area contributed by atoms with Gasteiger partial charge in [0.25, 0.3) is 0 Å². The number of nitrogens with zero attached hydrogens (tertiary/aromatic N) is 1. The number of likely N-dealkylation sites (N-methyl/N-ethyl adjacent to an activating group) is 1. The van der Waals surface area contributed by atoms with E-state index in [0.29, 0.717) is 6.04 Å². The fourth-order valence-electron chi connectivity index (χ4n) is 2.22. The minimum absolute atomic E-state index is 0.320. The van der Waals surface area contributed by atoms with Crippen LogP contribution in [0.1, 0.15) is 36.7 Å². The van der Waals surface area contributed by atoms with Gasteiger partial charge < -0.3 is 5.32 Å². The number of hydrogen-bond donors (Lipinski definition) is 1. The summed E-state index contributed by atoms with van der Waals surface area (Å²) in [7, 11) is 0. The van der Waals surface area contributed by atoms with E-state index in [1.807, 2.05) is 12.3 Å². The van der Waals surface area contributed by atoms with Crippen LogP contribution in [0.25, 0.3) is 0 Å². The molecule has 18 heavy (non-hydrogen) atoms. The van der Waals surface area contributed by atoms with Crippen molar-refractivity contribution in [1.82, 2.24) is 10.3 Å². The van der Waals surface area contributed by atoms with Crippen molar-refractivity contribution < 1.29 is 0 Å². The third kappa shape index (κ3) is 3.18. The highest BCUT2D eigenvalue weighted by atomic mass is 32.1. The van der Waals surface area contributed by atoms with Gasteiger partial charge in [-0.3, -0.25) is 4.98 Å². The van der Waals surface area contributed by atoms with E-state index in [1.54, 1.807) is 11.3 Å². The van der Waals surface area contributed by atoms with Gasteiger partial charge in [0.2, 0.25) is 0 Å². The lowest BCUT2D eigenvalue weighted by Crippen LogP contribution is -2.25. The van der Waals surface area contributed by atoms with Gasteiger partial charge in [-0.15, -0.1) is 0 Å². The first-order valence-corrected chi connectivity index (χ1v) is 7.47. The molecule has 0 aromatic carbocycles. The molecule has 0 saturated carbocycles. The van der Waals surface area contributed by atoms with Crippen molar-refractivity contribution in [1.29, 1.82) is 0 Å². The van der Waals surface area contributed by atoms with Crippen LogP contribution in [0.15, 0.2) is 35.2 Å². The van der Waals surface area contributed by atoms with Gasteiger partial charge in [0.15, 0.2) is 0 Å². The molecule has 0 saturated heterocycles. The van der Waals surface area contributed by atoms with Crippen molar-refractivity contribution in [3.8, 4) is 0 Å². The predicted molar refractivity (Wildman–Crippen MR) is 78.1 cm³/mol. The molecule has 2 rings (SSSR count). The van der Waals surface area contributed by atoms with Crippen LogP contribution in [0.3, 0.4) is 0 Å². The number of nitrogens with one attached hydrogen (secondary N) is 1. The van der Waals surface area contributed by atoms with Crippen molar-refractivity contribution in [2.45, 2.75) is 32.7 Å². The van der Waals surface area contributed by atoms with Crippen molar-refractivity contribution >= 4 is 11.3 Å². The smallest absolute Gasteiger partial charge is 0.0608 e. The summed E-state index contributed by atoms with van der Waals surface area (Å²) in [6.07, 6.45) is 3.95. The summed E-state index contributed by atoms with van der Waals surface area (Å²) >= 11 is 1.76. The van der Waals surface area contributed by atoms with Crippen LogP contribution in [0.4, 0.5) is 0 Å². The first-order valence-electron chi connectivity index (χ1n) is 6.53. The first-order chi connectivity index (χ1) is 8.85. The van der Waals surface area contributed by atoms with Crippen LogP contribution < -0.4 is 5.32 Å². The molecule has 1 N–H and O–H groups in total. The Labute approximate surface area is 113 Å². The molecule has 1 atom stereocenters. The molecule has 96 valence electrons. The highest BCUT2D eigenvalue weighted by Gasteiger charge is 2.15. The van der Waals surface area contributed by atoms with Crippen LogP contribution in [0.5, 0.6) is 0 Å². The Kier molecular flexibility index (Phi) is 4.90. The summed E-state index contributed by atoms with van der Waals surface area (Å²) in [4.78, 5) is 4.59. The van der Waals surface area contributed by atoms with Crippen LogP contribution in [0.2, 0.25) is 0 Å². The van der Waals surface area contributed by atoms with E-state index in [2.05, 4.69) is 47.0 Å². The minimum Gasteiger partial charge on any atom is -0.309 e.